The average molecular weight is 327 g/mol. The zero-order valence-electron chi connectivity index (χ0n) is 11.4. The van der Waals surface area contributed by atoms with Crippen LogP contribution in [0.1, 0.15) is 6.42 Å². The van der Waals surface area contributed by atoms with Gasteiger partial charge in [0.15, 0.2) is 6.10 Å². The van der Waals surface area contributed by atoms with Crippen molar-refractivity contribution in [3.05, 3.63) is 0 Å². The number of carboxylic acid groups (broad SMARTS) is 1. The van der Waals surface area contributed by atoms with Crippen LogP contribution in [0.5, 0.6) is 0 Å². The maximum atomic E-state index is 11.6. The Hall–Kier alpha value is -0.910. The van der Waals surface area contributed by atoms with Crippen LogP contribution < -0.4 is 5.32 Å². The normalized spacial score (nSPS) is 18.4. The maximum Gasteiger partial charge on any atom is 0.326 e. The van der Waals surface area contributed by atoms with Gasteiger partial charge < -0.3 is 36.0 Å². The fraction of sp³-hybridized carbons (Fsp3) is 0.818. The first kappa shape index (κ1) is 20.1. The summed E-state index contributed by atoms with van der Waals surface area (Å²) < 4.78 is 0. The number of aliphatic hydroxyl groups is 5. The summed E-state index contributed by atoms with van der Waals surface area (Å²) >= 11 is 1.37. The largest absolute Gasteiger partial charge is 0.480 e. The van der Waals surface area contributed by atoms with Crippen LogP contribution in [0, 0.1) is 0 Å². The van der Waals surface area contributed by atoms with E-state index in [2.05, 4.69) is 0 Å². The van der Waals surface area contributed by atoms with Crippen LogP contribution in [0.25, 0.3) is 0 Å². The van der Waals surface area contributed by atoms with Gasteiger partial charge >= 0.3 is 5.97 Å². The molecule has 0 aromatic rings. The third-order valence-electron chi connectivity index (χ3n) is 2.75. The fourth-order valence-electron chi connectivity index (χ4n) is 1.43. The summed E-state index contributed by atoms with van der Waals surface area (Å²) in [7, 11) is 0. The topological polar surface area (TPSA) is 168 Å². The van der Waals surface area contributed by atoms with Crippen molar-refractivity contribution >= 4 is 23.6 Å². The number of carbonyl (C=O) groups excluding carboxylic acids is 1. The first-order chi connectivity index (χ1) is 9.76. The number of amides is 1. The quantitative estimate of drug-likeness (QED) is 0.218. The van der Waals surface area contributed by atoms with Crippen LogP contribution in [0.15, 0.2) is 0 Å². The number of nitrogens with one attached hydrogen (secondary N) is 1. The first-order valence-corrected chi connectivity index (χ1v) is 7.50. The summed E-state index contributed by atoms with van der Waals surface area (Å²) in [5.74, 6) is -2.03. The van der Waals surface area contributed by atoms with E-state index in [1.54, 1.807) is 6.26 Å². The number of carbonyl (C=O) groups is 2. The molecule has 0 aliphatic heterocycles. The lowest BCUT2D eigenvalue weighted by molar-refractivity contribution is -0.153. The van der Waals surface area contributed by atoms with Gasteiger partial charge in [-0.05, 0) is 18.4 Å². The molecule has 0 heterocycles. The highest BCUT2D eigenvalue weighted by atomic mass is 32.2. The smallest absolute Gasteiger partial charge is 0.326 e. The van der Waals surface area contributed by atoms with Crippen LogP contribution >= 0.6 is 11.8 Å². The van der Waals surface area contributed by atoms with E-state index in [1.165, 1.54) is 11.8 Å². The molecule has 5 atom stereocenters. The van der Waals surface area contributed by atoms with Crippen LogP contribution in [-0.4, -0.2) is 91.6 Å². The standard InChI is InChI=1S/C11H21NO8S/c1-21-3-2-5(11(19)20)12-10(18)9(17)8(16)7(15)6(14)4-13/h5-9,13-17H,2-4H2,1H3,(H,12,18)(H,19,20)/t5-,6-,7+,8+,9+/m0/s1. The number of hydrogen-bond acceptors (Lipinski definition) is 8. The van der Waals surface area contributed by atoms with Gasteiger partial charge in [-0.2, -0.15) is 11.8 Å². The number of thioether (sulfide) groups is 1. The molecule has 0 spiro atoms. The molecule has 124 valence electrons. The Labute approximate surface area is 125 Å². The van der Waals surface area contributed by atoms with E-state index in [4.69, 9.17) is 15.3 Å². The van der Waals surface area contributed by atoms with Gasteiger partial charge in [0.05, 0.1) is 6.61 Å². The Morgan fingerprint density at radius 2 is 1.71 bits per heavy atom. The number of hydrogen-bond donors (Lipinski definition) is 7. The van der Waals surface area contributed by atoms with Gasteiger partial charge in [0.2, 0.25) is 0 Å². The average Bonchev–Trinajstić information content (AvgIpc) is 2.47. The molecular weight excluding hydrogens is 306 g/mol. The number of aliphatic carboxylic acids is 1. The Morgan fingerprint density at radius 3 is 2.14 bits per heavy atom. The summed E-state index contributed by atoms with van der Waals surface area (Å²) in [5, 5.41) is 57.1. The summed E-state index contributed by atoms with van der Waals surface area (Å²) in [5.41, 5.74) is 0. The minimum Gasteiger partial charge on any atom is -0.480 e. The lowest BCUT2D eigenvalue weighted by Crippen LogP contribution is -2.54. The van der Waals surface area contributed by atoms with E-state index < -0.39 is 48.9 Å². The highest BCUT2D eigenvalue weighted by Gasteiger charge is 2.35. The van der Waals surface area contributed by atoms with Crippen molar-refractivity contribution in [2.45, 2.75) is 36.9 Å². The van der Waals surface area contributed by atoms with Crippen molar-refractivity contribution in [2.75, 3.05) is 18.6 Å². The molecule has 1 amide bonds. The summed E-state index contributed by atoms with van der Waals surface area (Å²) in [4.78, 5) is 22.6. The van der Waals surface area contributed by atoms with Gasteiger partial charge in [-0.3, -0.25) is 4.79 Å². The second-order valence-corrected chi connectivity index (χ2v) is 5.34. The number of carboxylic acids is 1. The van der Waals surface area contributed by atoms with E-state index in [0.717, 1.165) is 0 Å². The molecule has 0 saturated heterocycles. The van der Waals surface area contributed by atoms with E-state index in [-0.39, 0.29) is 6.42 Å². The van der Waals surface area contributed by atoms with Crippen molar-refractivity contribution in [1.82, 2.24) is 5.32 Å². The van der Waals surface area contributed by atoms with Crippen LogP contribution in [-0.2, 0) is 9.59 Å². The van der Waals surface area contributed by atoms with Gasteiger partial charge in [-0.15, -0.1) is 0 Å². The van der Waals surface area contributed by atoms with Crippen molar-refractivity contribution in [3.8, 4) is 0 Å². The molecule has 0 aliphatic carbocycles. The Kier molecular flexibility index (Phi) is 9.49. The molecule has 0 unspecified atom stereocenters. The highest BCUT2D eigenvalue weighted by Crippen LogP contribution is 2.07. The molecule has 21 heavy (non-hydrogen) atoms. The molecule has 0 aromatic carbocycles. The summed E-state index contributed by atoms with van der Waals surface area (Å²) in [6, 6.07) is -1.24. The molecule has 0 bridgehead atoms. The monoisotopic (exact) mass is 327 g/mol. The SMILES string of the molecule is CSCC[C@H](NC(=O)[C@H](O)[C@H](O)[C@H](O)[C@@H](O)CO)C(=O)O. The van der Waals surface area contributed by atoms with Gasteiger partial charge in [-0.25, -0.2) is 4.79 Å². The molecule has 0 rings (SSSR count). The van der Waals surface area contributed by atoms with E-state index >= 15 is 0 Å². The van der Waals surface area contributed by atoms with Gasteiger partial charge in [-0.1, -0.05) is 0 Å². The fourth-order valence-corrected chi connectivity index (χ4v) is 1.90. The van der Waals surface area contributed by atoms with Crippen LogP contribution in [0.4, 0.5) is 0 Å². The van der Waals surface area contributed by atoms with Crippen LogP contribution in [0.3, 0.4) is 0 Å². The molecule has 0 aliphatic rings. The minimum atomic E-state index is -2.14. The van der Waals surface area contributed by atoms with Gasteiger partial charge in [0.1, 0.15) is 24.4 Å². The molecule has 0 fully saturated rings. The first-order valence-electron chi connectivity index (χ1n) is 6.11. The molecule has 0 saturated carbocycles. The molecule has 7 N–H and O–H groups in total. The zero-order chi connectivity index (χ0) is 16.6. The highest BCUT2D eigenvalue weighted by molar-refractivity contribution is 7.98. The van der Waals surface area contributed by atoms with Crippen molar-refractivity contribution < 1.29 is 40.2 Å². The molecule has 10 heteroatoms. The minimum absolute atomic E-state index is 0.118. The Morgan fingerprint density at radius 1 is 1.14 bits per heavy atom. The predicted octanol–water partition coefficient (Wildman–Crippen LogP) is -3.26. The molecule has 0 radical (unpaired) electrons. The van der Waals surface area contributed by atoms with Crippen molar-refractivity contribution in [3.63, 3.8) is 0 Å². The number of aliphatic hydroxyl groups excluding tert-OH is 5. The van der Waals surface area contributed by atoms with E-state index in [9.17, 15) is 24.9 Å². The van der Waals surface area contributed by atoms with Crippen molar-refractivity contribution in [2.24, 2.45) is 0 Å². The molecule has 9 nitrogen and oxygen atoms in total. The lowest BCUT2D eigenvalue weighted by atomic mass is 10.0. The summed E-state index contributed by atoms with van der Waals surface area (Å²) in [6.45, 7) is -0.877. The Balaban J connectivity index is 4.64. The van der Waals surface area contributed by atoms with Gasteiger partial charge in [0, 0.05) is 0 Å². The maximum absolute atomic E-state index is 11.6. The predicted molar refractivity (Wildman–Crippen MR) is 73.7 cm³/mol. The van der Waals surface area contributed by atoms with Crippen LogP contribution in [0.2, 0.25) is 0 Å². The van der Waals surface area contributed by atoms with Gasteiger partial charge in [0.25, 0.3) is 5.91 Å². The Bertz CT molecular complexity index is 342. The molecule has 0 aromatic heterocycles. The second-order valence-electron chi connectivity index (χ2n) is 4.36. The molecular formula is C11H21NO8S. The summed E-state index contributed by atoms with van der Waals surface area (Å²) in [6.07, 6.45) is -6.03. The van der Waals surface area contributed by atoms with Crippen molar-refractivity contribution in [1.29, 1.82) is 0 Å². The third-order valence-corrected chi connectivity index (χ3v) is 3.39. The third kappa shape index (κ3) is 6.59. The second kappa shape index (κ2) is 9.92. The number of rotatable bonds is 10. The lowest BCUT2D eigenvalue weighted by Gasteiger charge is -2.25. The van der Waals surface area contributed by atoms with E-state index in [0.29, 0.717) is 5.75 Å². The van der Waals surface area contributed by atoms with E-state index in [1.807, 2.05) is 5.32 Å². The zero-order valence-corrected chi connectivity index (χ0v) is 12.2.